The standard InChI is InChI=1S/C10H12N2OS2/c1-13-9-5-3-8(4-6-9)7-11-12-10(14)15-2/h3-7H,1-2H3,(H,12,14)/b11-7+. The van der Waals surface area contributed by atoms with E-state index in [0.717, 1.165) is 11.3 Å². The van der Waals surface area contributed by atoms with Gasteiger partial charge in [0, 0.05) is 0 Å². The van der Waals surface area contributed by atoms with Crippen LogP contribution in [0.25, 0.3) is 0 Å². The maximum Gasteiger partial charge on any atom is 0.153 e. The summed E-state index contributed by atoms with van der Waals surface area (Å²) in [4.78, 5) is 0. The number of methoxy groups -OCH3 is 1. The average molecular weight is 240 g/mol. The minimum atomic E-state index is 0.653. The number of hydrazone groups is 1. The molecule has 0 amide bonds. The molecule has 1 aromatic carbocycles. The van der Waals surface area contributed by atoms with Crippen molar-refractivity contribution in [2.24, 2.45) is 5.10 Å². The van der Waals surface area contributed by atoms with Crippen LogP contribution in [0.1, 0.15) is 5.56 Å². The first kappa shape index (κ1) is 12.0. The molecule has 0 saturated heterocycles. The quantitative estimate of drug-likeness (QED) is 0.499. The van der Waals surface area contributed by atoms with Crippen LogP contribution in [0.2, 0.25) is 0 Å². The van der Waals surface area contributed by atoms with Crippen molar-refractivity contribution in [3.8, 4) is 5.75 Å². The van der Waals surface area contributed by atoms with E-state index in [1.54, 1.807) is 13.3 Å². The highest BCUT2D eigenvalue weighted by Gasteiger charge is 1.91. The van der Waals surface area contributed by atoms with E-state index in [-0.39, 0.29) is 0 Å². The molecule has 0 aliphatic heterocycles. The fraction of sp³-hybridized carbons (Fsp3) is 0.200. The molecule has 0 aliphatic rings. The van der Waals surface area contributed by atoms with Crippen LogP contribution in [0, 0.1) is 0 Å². The molecule has 15 heavy (non-hydrogen) atoms. The number of hydrogen-bond donors (Lipinski definition) is 1. The van der Waals surface area contributed by atoms with Gasteiger partial charge in [0.15, 0.2) is 4.32 Å². The Balaban J connectivity index is 2.53. The van der Waals surface area contributed by atoms with Gasteiger partial charge in [-0.2, -0.15) is 5.10 Å². The van der Waals surface area contributed by atoms with Crippen LogP contribution in [0.15, 0.2) is 29.4 Å². The van der Waals surface area contributed by atoms with Gasteiger partial charge in [-0.25, -0.2) is 0 Å². The molecule has 0 aliphatic carbocycles. The van der Waals surface area contributed by atoms with Crippen molar-refractivity contribution in [2.75, 3.05) is 13.4 Å². The molecule has 80 valence electrons. The van der Waals surface area contributed by atoms with Crippen LogP contribution in [0.4, 0.5) is 0 Å². The largest absolute Gasteiger partial charge is 0.497 e. The maximum atomic E-state index is 5.05. The first-order chi connectivity index (χ1) is 7.26. The van der Waals surface area contributed by atoms with Crippen LogP contribution in [-0.2, 0) is 0 Å². The molecule has 3 nitrogen and oxygen atoms in total. The second-order valence-corrected chi connectivity index (χ2v) is 4.12. The molecule has 0 unspecified atom stereocenters. The zero-order valence-corrected chi connectivity index (χ0v) is 10.2. The topological polar surface area (TPSA) is 33.6 Å². The first-order valence-corrected chi connectivity index (χ1v) is 5.90. The van der Waals surface area contributed by atoms with Gasteiger partial charge in [-0.05, 0) is 36.1 Å². The van der Waals surface area contributed by atoms with E-state index in [1.807, 2.05) is 30.5 Å². The third-order valence-electron chi connectivity index (χ3n) is 1.67. The van der Waals surface area contributed by atoms with E-state index in [0.29, 0.717) is 4.32 Å². The molecule has 0 heterocycles. The van der Waals surface area contributed by atoms with Gasteiger partial charge >= 0.3 is 0 Å². The first-order valence-electron chi connectivity index (χ1n) is 4.27. The SMILES string of the molecule is COc1ccc(/C=N/NC(=S)SC)cc1. The van der Waals surface area contributed by atoms with Crippen molar-refractivity contribution in [3.05, 3.63) is 29.8 Å². The third kappa shape index (κ3) is 4.31. The molecule has 0 radical (unpaired) electrons. The second kappa shape index (κ2) is 6.42. The summed E-state index contributed by atoms with van der Waals surface area (Å²) < 4.78 is 5.70. The van der Waals surface area contributed by atoms with Crippen molar-refractivity contribution in [2.45, 2.75) is 0 Å². The van der Waals surface area contributed by atoms with Crippen molar-refractivity contribution in [3.63, 3.8) is 0 Å². The lowest BCUT2D eigenvalue weighted by Crippen LogP contribution is -2.10. The maximum absolute atomic E-state index is 5.05. The molecular formula is C10H12N2OS2. The molecule has 0 bridgehead atoms. The van der Waals surface area contributed by atoms with Gasteiger partial charge in [0.05, 0.1) is 13.3 Å². The molecule has 1 aromatic rings. The zero-order valence-electron chi connectivity index (χ0n) is 8.56. The lowest BCUT2D eigenvalue weighted by atomic mass is 10.2. The summed E-state index contributed by atoms with van der Waals surface area (Å²) in [6.45, 7) is 0. The van der Waals surface area contributed by atoms with Gasteiger partial charge in [-0.3, -0.25) is 5.43 Å². The monoisotopic (exact) mass is 240 g/mol. The van der Waals surface area contributed by atoms with Gasteiger partial charge in [-0.15, -0.1) is 0 Å². The molecule has 0 fully saturated rings. The highest BCUT2D eigenvalue weighted by Crippen LogP contribution is 2.09. The Hall–Kier alpha value is -1.07. The summed E-state index contributed by atoms with van der Waals surface area (Å²) in [5.41, 5.74) is 3.73. The summed E-state index contributed by atoms with van der Waals surface area (Å²) in [6.07, 6.45) is 3.61. The number of thiocarbonyl (C=S) groups is 1. The highest BCUT2D eigenvalue weighted by molar-refractivity contribution is 8.22. The molecule has 0 atom stereocenters. The lowest BCUT2D eigenvalue weighted by Gasteiger charge is -1.99. The predicted octanol–water partition coefficient (Wildman–Crippen LogP) is 2.27. The number of benzene rings is 1. The Morgan fingerprint density at radius 3 is 2.67 bits per heavy atom. The van der Waals surface area contributed by atoms with E-state index in [4.69, 9.17) is 17.0 Å². The summed E-state index contributed by atoms with van der Waals surface area (Å²) in [7, 11) is 1.64. The van der Waals surface area contributed by atoms with Crippen molar-refractivity contribution < 1.29 is 4.74 Å². The van der Waals surface area contributed by atoms with Crippen LogP contribution >= 0.6 is 24.0 Å². The van der Waals surface area contributed by atoms with Crippen molar-refractivity contribution >= 4 is 34.5 Å². The minimum absolute atomic E-state index is 0.653. The van der Waals surface area contributed by atoms with Crippen molar-refractivity contribution in [1.29, 1.82) is 0 Å². The Kier molecular flexibility index (Phi) is 5.14. The summed E-state index contributed by atoms with van der Waals surface area (Å²) in [5.74, 6) is 0.833. The van der Waals surface area contributed by atoms with Gasteiger partial charge in [0.25, 0.3) is 0 Å². The van der Waals surface area contributed by atoms with Crippen LogP contribution in [-0.4, -0.2) is 23.9 Å². The number of hydrogen-bond acceptors (Lipinski definition) is 4. The van der Waals surface area contributed by atoms with E-state index >= 15 is 0 Å². The van der Waals surface area contributed by atoms with Gasteiger partial charge in [-0.1, -0.05) is 24.0 Å². The van der Waals surface area contributed by atoms with E-state index in [9.17, 15) is 0 Å². The Labute approximate surface area is 98.9 Å². The molecule has 5 heteroatoms. The van der Waals surface area contributed by atoms with E-state index in [2.05, 4.69) is 10.5 Å². The van der Waals surface area contributed by atoms with Crippen LogP contribution < -0.4 is 10.2 Å². The Bertz CT molecular complexity index is 349. The number of nitrogens with zero attached hydrogens (tertiary/aromatic N) is 1. The lowest BCUT2D eigenvalue weighted by molar-refractivity contribution is 0.415. The smallest absolute Gasteiger partial charge is 0.153 e. The number of nitrogens with one attached hydrogen (secondary N) is 1. The summed E-state index contributed by atoms with van der Waals surface area (Å²) in [6, 6.07) is 7.61. The molecular weight excluding hydrogens is 228 g/mol. The normalized spacial score (nSPS) is 10.3. The second-order valence-electron chi connectivity index (χ2n) is 2.63. The fourth-order valence-corrected chi connectivity index (χ4v) is 1.09. The summed E-state index contributed by atoms with van der Waals surface area (Å²) >= 11 is 6.38. The fourth-order valence-electron chi connectivity index (χ4n) is 0.895. The zero-order chi connectivity index (χ0) is 11.1. The van der Waals surface area contributed by atoms with Gasteiger partial charge < -0.3 is 4.74 Å². The molecule has 0 aromatic heterocycles. The molecule has 1 N–H and O–H groups in total. The van der Waals surface area contributed by atoms with Crippen LogP contribution in [0.3, 0.4) is 0 Å². The minimum Gasteiger partial charge on any atom is -0.497 e. The van der Waals surface area contributed by atoms with Gasteiger partial charge in [0.1, 0.15) is 5.75 Å². The predicted molar refractivity (Wildman–Crippen MR) is 69.8 cm³/mol. The number of ether oxygens (including phenoxy) is 1. The van der Waals surface area contributed by atoms with Crippen molar-refractivity contribution in [1.82, 2.24) is 5.43 Å². The van der Waals surface area contributed by atoms with Crippen LogP contribution in [0.5, 0.6) is 5.75 Å². The van der Waals surface area contributed by atoms with E-state index in [1.165, 1.54) is 11.8 Å². The van der Waals surface area contributed by atoms with Gasteiger partial charge in [0.2, 0.25) is 0 Å². The Morgan fingerprint density at radius 2 is 2.13 bits per heavy atom. The average Bonchev–Trinajstić information content (AvgIpc) is 2.29. The molecule has 1 rings (SSSR count). The number of thioether (sulfide) groups is 1. The van der Waals surface area contributed by atoms with E-state index < -0.39 is 0 Å². The molecule has 0 spiro atoms. The number of rotatable bonds is 3. The third-order valence-corrected chi connectivity index (χ3v) is 2.72. The Morgan fingerprint density at radius 1 is 1.47 bits per heavy atom. The summed E-state index contributed by atoms with van der Waals surface area (Å²) in [5, 5.41) is 3.99. The highest BCUT2D eigenvalue weighted by atomic mass is 32.2. The molecule has 0 saturated carbocycles.